The van der Waals surface area contributed by atoms with Crippen molar-refractivity contribution in [2.24, 2.45) is 0 Å². The summed E-state index contributed by atoms with van der Waals surface area (Å²) < 4.78 is 6.60. The minimum absolute atomic E-state index is 0.0476. The number of amides is 1. The van der Waals surface area contributed by atoms with Gasteiger partial charge in [-0.15, -0.1) is 0 Å². The summed E-state index contributed by atoms with van der Waals surface area (Å²) in [6.07, 6.45) is 0. The molecule has 1 aromatic carbocycles. The van der Waals surface area contributed by atoms with Crippen LogP contribution in [0.3, 0.4) is 0 Å². The van der Waals surface area contributed by atoms with Crippen molar-refractivity contribution in [1.82, 2.24) is 5.32 Å². The topological polar surface area (TPSA) is 82.4 Å². The van der Waals surface area contributed by atoms with Crippen LogP contribution in [0.15, 0.2) is 21.1 Å². The summed E-state index contributed by atoms with van der Waals surface area (Å²) in [7, 11) is 0. The molecule has 0 heterocycles. The van der Waals surface area contributed by atoms with Gasteiger partial charge in [0.15, 0.2) is 6.61 Å². The molecule has 0 bridgehead atoms. The van der Waals surface area contributed by atoms with Crippen molar-refractivity contribution in [2.75, 3.05) is 13.2 Å². The van der Waals surface area contributed by atoms with Crippen LogP contribution in [0.25, 0.3) is 0 Å². The van der Waals surface area contributed by atoms with Crippen LogP contribution in [-0.4, -0.2) is 24.2 Å². The first-order chi connectivity index (χ1) is 8.58. The number of aliphatic hydroxyl groups excluding tert-OH is 1. The van der Waals surface area contributed by atoms with Gasteiger partial charge in [0.1, 0.15) is 12.3 Å². The van der Waals surface area contributed by atoms with Crippen LogP contribution in [0.5, 0.6) is 5.75 Å². The maximum Gasteiger partial charge on any atom is 0.258 e. The molecule has 0 aromatic heterocycles. The Morgan fingerprint density at radius 3 is 2.56 bits per heavy atom. The Morgan fingerprint density at radius 2 is 2.06 bits per heavy atom. The Labute approximate surface area is 121 Å². The van der Waals surface area contributed by atoms with E-state index in [0.29, 0.717) is 14.7 Å². The Bertz CT molecular complexity index is 463. The zero-order valence-electron chi connectivity index (χ0n) is 9.24. The molecule has 5 nitrogen and oxygen atoms in total. The second-order valence-corrected chi connectivity index (χ2v) is 4.98. The van der Waals surface area contributed by atoms with Crippen molar-refractivity contribution in [1.29, 1.82) is 5.26 Å². The first-order valence-electron chi connectivity index (χ1n) is 4.93. The Kier molecular flexibility index (Phi) is 6.12. The zero-order chi connectivity index (χ0) is 13.5. The predicted octanol–water partition coefficient (Wildman–Crippen LogP) is 1.72. The fourth-order valence-electron chi connectivity index (χ4n) is 1.17. The first-order valence-corrected chi connectivity index (χ1v) is 6.52. The summed E-state index contributed by atoms with van der Waals surface area (Å²) in [4.78, 5) is 11.3. The van der Waals surface area contributed by atoms with Gasteiger partial charge in [0.25, 0.3) is 5.91 Å². The molecule has 1 aromatic rings. The van der Waals surface area contributed by atoms with Gasteiger partial charge < -0.3 is 15.2 Å². The van der Waals surface area contributed by atoms with E-state index in [9.17, 15) is 4.79 Å². The highest BCUT2D eigenvalue weighted by Gasteiger charge is 2.10. The molecule has 0 unspecified atom stereocenters. The molecule has 0 aliphatic rings. The third-order valence-electron chi connectivity index (χ3n) is 1.95. The number of carbonyl (C=O) groups is 1. The standard InChI is InChI=1S/C11H10Br2N2O3/c12-8-3-7(5-16)4-9(13)11(8)18-6-10(17)15-2-1-14/h3-4,16H,2,5-6H2,(H,15,17). The number of hydrogen-bond donors (Lipinski definition) is 2. The molecule has 7 heteroatoms. The largest absolute Gasteiger partial charge is 0.481 e. The molecule has 1 rings (SSSR count). The van der Waals surface area contributed by atoms with Gasteiger partial charge >= 0.3 is 0 Å². The highest BCUT2D eigenvalue weighted by Crippen LogP contribution is 2.34. The average Bonchev–Trinajstić information content (AvgIpc) is 2.34. The lowest BCUT2D eigenvalue weighted by Gasteiger charge is -2.11. The van der Waals surface area contributed by atoms with Crippen molar-refractivity contribution in [3.63, 3.8) is 0 Å². The van der Waals surface area contributed by atoms with Crippen LogP contribution < -0.4 is 10.1 Å². The highest BCUT2D eigenvalue weighted by atomic mass is 79.9. The molecule has 0 saturated heterocycles. The van der Waals surface area contributed by atoms with E-state index in [1.54, 1.807) is 18.2 Å². The van der Waals surface area contributed by atoms with Gasteiger partial charge in [0.05, 0.1) is 21.6 Å². The SMILES string of the molecule is N#CCNC(=O)COc1c(Br)cc(CO)cc1Br. The van der Waals surface area contributed by atoms with E-state index < -0.39 is 0 Å². The third-order valence-corrected chi connectivity index (χ3v) is 3.13. The number of carbonyl (C=O) groups excluding carboxylic acids is 1. The van der Waals surface area contributed by atoms with Gasteiger partial charge in [-0.3, -0.25) is 4.79 Å². The maximum atomic E-state index is 11.3. The van der Waals surface area contributed by atoms with E-state index in [2.05, 4.69) is 37.2 Å². The molecule has 0 atom stereocenters. The van der Waals surface area contributed by atoms with Gasteiger partial charge in [0, 0.05) is 0 Å². The molecule has 1 amide bonds. The van der Waals surface area contributed by atoms with E-state index >= 15 is 0 Å². The second kappa shape index (κ2) is 7.36. The lowest BCUT2D eigenvalue weighted by atomic mass is 10.2. The fourth-order valence-corrected chi connectivity index (χ4v) is 2.68. The van der Waals surface area contributed by atoms with Crippen molar-refractivity contribution in [2.45, 2.75) is 6.61 Å². The van der Waals surface area contributed by atoms with Crippen molar-refractivity contribution in [3.8, 4) is 11.8 Å². The smallest absolute Gasteiger partial charge is 0.258 e. The number of hydrogen-bond acceptors (Lipinski definition) is 4. The molecule has 0 saturated carbocycles. The molecule has 0 radical (unpaired) electrons. The number of nitrogens with one attached hydrogen (secondary N) is 1. The summed E-state index contributed by atoms with van der Waals surface area (Å²) in [5.41, 5.74) is 0.718. The van der Waals surface area contributed by atoms with Crippen LogP contribution >= 0.6 is 31.9 Å². The summed E-state index contributed by atoms with van der Waals surface area (Å²) in [6.45, 7) is -0.314. The normalized spacial score (nSPS) is 9.67. The molecule has 96 valence electrons. The first kappa shape index (κ1) is 15.0. The van der Waals surface area contributed by atoms with E-state index in [1.807, 2.05) is 0 Å². The van der Waals surface area contributed by atoms with Crippen LogP contribution in [0.4, 0.5) is 0 Å². The fraction of sp³-hybridized carbons (Fsp3) is 0.273. The lowest BCUT2D eigenvalue weighted by molar-refractivity contribution is -0.122. The average molecular weight is 378 g/mol. The quantitative estimate of drug-likeness (QED) is 0.765. The summed E-state index contributed by atoms with van der Waals surface area (Å²) in [5, 5.41) is 19.7. The van der Waals surface area contributed by atoms with Crippen molar-refractivity contribution < 1.29 is 14.6 Å². The number of rotatable bonds is 5. The van der Waals surface area contributed by atoms with Gasteiger partial charge in [-0.1, -0.05) is 0 Å². The van der Waals surface area contributed by atoms with Gasteiger partial charge in [-0.05, 0) is 49.6 Å². The van der Waals surface area contributed by atoms with Gasteiger partial charge in [-0.25, -0.2) is 0 Å². The second-order valence-electron chi connectivity index (χ2n) is 3.27. The Hall–Kier alpha value is -1.10. The maximum absolute atomic E-state index is 11.3. The van der Waals surface area contributed by atoms with Crippen LogP contribution in [0.1, 0.15) is 5.56 Å². The monoisotopic (exact) mass is 376 g/mol. The molecular formula is C11H10Br2N2O3. The Morgan fingerprint density at radius 1 is 1.44 bits per heavy atom. The number of halogens is 2. The van der Waals surface area contributed by atoms with Crippen molar-refractivity contribution in [3.05, 3.63) is 26.6 Å². The third kappa shape index (κ3) is 4.29. The molecule has 2 N–H and O–H groups in total. The Balaban J connectivity index is 2.68. The number of nitriles is 1. The molecule has 0 aliphatic heterocycles. The molecule has 18 heavy (non-hydrogen) atoms. The number of ether oxygens (including phenoxy) is 1. The molecule has 0 spiro atoms. The molecule has 0 aliphatic carbocycles. The van der Waals surface area contributed by atoms with Crippen LogP contribution in [0.2, 0.25) is 0 Å². The summed E-state index contributed by atoms with van der Waals surface area (Å²) in [5.74, 6) is 0.0980. The number of nitrogens with zero attached hydrogens (tertiary/aromatic N) is 1. The number of aliphatic hydroxyl groups is 1. The van der Waals surface area contributed by atoms with Crippen molar-refractivity contribution >= 4 is 37.8 Å². The zero-order valence-corrected chi connectivity index (χ0v) is 12.4. The van der Waals surface area contributed by atoms with E-state index in [1.165, 1.54) is 0 Å². The predicted molar refractivity (Wildman–Crippen MR) is 71.9 cm³/mol. The minimum atomic E-state index is -0.374. The minimum Gasteiger partial charge on any atom is -0.481 e. The number of benzene rings is 1. The van der Waals surface area contributed by atoms with E-state index in [-0.39, 0.29) is 25.7 Å². The summed E-state index contributed by atoms with van der Waals surface area (Å²) in [6, 6.07) is 5.20. The molecule has 0 fully saturated rings. The van der Waals surface area contributed by atoms with Crippen LogP contribution in [0, 0.1) is 11.3 Å². The molecular weight excluding hydrogens is 368 g/mol. The lowest BCUT2D eigenvalue weighted by Crippen LogP contribution is -2.29. The van der Waals surface area contributed by atoms with Crippen LogP contribution in [-0.2, 0) is 11.4 Å². The van der Waals surface area contributed by atoms with E-state index in [0.717, 1.165) is 5.56 Å². The van der Waals surface area contributed by atoms with E-state index in [4.69, 9.17) is 15.1 Å². The van der Waals surface area contributed by atoms with Gasteiger partial charge in [-0.2, -0.15) is 5.26 Å². The van der Waals surface area contributed by atoms with Gasteiger partial charge in [0.2, 0.25) is 0 Å². The highest BCUT2D eigenvalue weighted by molar-refractivity contribution is 9.11. The summed E-state index contributed by atoms with van der Waals surface area (Å²) >= 11 is 6.58.